The maximum Gasteiger partial charge on any atom is 0.222 e. The van der Waals surface area contributed by atoms with Gasteiger partial charge in [0.1, 0.15) is 11.6 Å². The zero-order chi connectivity index (χ0) is 17.7. The molecule has 0 bridgehead atoms. The van der Waals surface area contributed by atoms with Crippen LogP contribution >= 0.6 is 0 Å². The van der Waals surface area contributed by atoms with Gasteiger partial charge < -0.3 is 16.0 Å². The summed E-state index contributed by atoms with van der Waals surface area (Å²) >= 11 is 0. The van der Waals surface area contributed by atoms with Crippen molar-refractivity contribution in [1.29, 1.82) is 0 Å². The molecule has 0 radical (unpaired) electrons. The maximum absolute atomic E-state index is 14.0. The molecule has 0 saturated carbocycles. The summed E-state index contributed by atoms with van der Waals surface area (Å²) in [4.78, 5) is 23.7. The van der Waals surface area contributed by atoms with E-state index < -0.39 is 17.7 Å². The number of nitrogens with one attached hydrogen (secondary N) is 3. The Bertz CT molecular complexity index is 609. The van der Waals surface area contributed by atoms with E-state index in [-0.39, 0.29) is 29.8 Å². The molecular formula is C17H23F2N3O2. The van der Waals surface area contributed by atoms with E-state index in [4.69, 9.17) is 0 Å². The van der Waals surface area contributed by atoms with Crippen LogP contribution in [0.15, 0.2) is 18.2 Å². The van der Waals surface area contributed by atoms with Gasteiger partial charge in [0.05, 0.1) is 12.5 Å². The first kappa shape index (κ1) is 18.3. The van der Waals surface area contributed by atoms with Crippen LogP contribution in [0.1, 0.15) is 38.3 Å². The lowest BCUT2D eigenvalue weighted by molar-refractivity contribution is -0.123. The Hall–Kier alpha value is -2.02. The molecule has 3 unspecified atom stereocenters. The molecule has 1 aromatic carbocycles. The fourth-order valence-corrected chi connectivity index (χ4v) is 2.95. The molecule has 132 valence electrons. The molecule has 3 atom stereocenters. The molecule has 1 fully saturated rings. The van der Waals surface area contributed by atoms with Gasteiger partial charge in [0.25, 0.3) is 0 Å². The van der Waals surface area contributed by atoms with Crippen molar-refractivity contribution in [3.05, 3.63) is 35.4 Å². The third kappa shape index (κ3) is 4.99. The van der Waals surface area contributed by atoms with Crippen LogP contribution in [0.5, 0.6) is 0 Å². The van der Waals surface area contributed by atoms with Gasteiger partial charge >= 0.3 is 0 Å². The quantitative estimate of drug-likeness (QED) is 0.764. The molecule has 1 saturated heterocycles. The van der Waals surface area contributed by atoms with E-state index in [1.54, 1.807) is 0 Å². The van der Waals surface area contributed by atoms with Crippen LogP contribution in [0, 0.1) is 17.6 Å². The van der Waals surface area contributed by atoms with E-state index in [0.29, 0.717) is 5.92 Å². The van der Waals surface area contributed by atoms with Crippen molar-refractivity contribution in [1.82, 2.24) is 16.0 Å². The zero-order valence-electron chi connectivity index (χ0n) is 13.9. The van der Waals surface area contributed by atoms with Gasteiger partial charge in [-0.05, 0) is 31.5 Å². The highest BCUT2D eigenvalue weighted by atomic mass is 19.1. The summed E-state index contributed by atoms with van der Waals surface area (Å²) in [6.07, 6.45) is 0.724. The molecule has 24 heavy (non-hydrogen) atoms. The van der Waals surface area contributed by atoms with Gasteiger partial charge in [0.15, 0.2) is 0 Å². The summed E-state index contributed by atoms with van der Waals surface area (Å²) in [5.74, 6) is -1.84. The van der Waals surface area contributed by atoms with Gasteiger partial charge in [-0.2, -0.15) is 0 Å². The van der Waals surface area contributed by atoms with E-state index in [0.717, 1.165) is 31.6 Å². The van der Waals surface area contributed by atoms with Crippen molar-refractivity contribution in [2.45, 2.75) is 38.8 Å². The Labute approximate surface area is 140 Å². The highest BCUT2D eigenvalue weighted by Crippen LogP contribution is 2.22. The normalized spacial score (nSPS) is 21.8. The number of piperidine rings is 1. The molecule has 2 rings (SSSR count). The van der Waals surface area contributed by atoms with Crippen LogP contribution < -0.4 is 16.0 Å². The van der Waals surface area contributed by atoms with Gasteiger partial charge in [-0.1, -0.05) is 13.0 Å². The lowest BCUT2D eigenvalue weighted by Gasteiger charge is -2.30. The fourth-order valence-electron chi connectivity index (χ4n) is 2.95. The van der Waals surface area contributed by atoms with Crippen LogP contribution in [0.3, 0.4) is 0 Å². The summed E-state index contributed by atoms with van der Waals surface area (Å²) in [5, 5.41) is 8.76. The predicted molar refractivity (Wildman–Crippen MR) is 86.1 cm³/mol. The third-order valence-electron chi connectivity index (χ3n) is 4.24. The summed E-state index contributed by atoms with van der Waals surface area (Å²) < 4.78 is 27.1. The first-order valence-corrected chi connectivity index (χ1v) is 8.09. The van der Waals surface area contributed by atoms with Gasteiger partial charge in [-0.25, -0.2) is 8.78 Å². The second-order valence-electron chi connectivity index (χ2n) is 6.27. The first-order valence-electron chi connectivity index (χ1n) is 8.09. The van der Waals surface area contributed by atoms with Crippen molar-refractivity contribution in [2.24, 2.45) is 5.92 Å². The van der Waals surface area contributed by atoms with Crippen molar-refractivity contribution >= 4 is 11.8 Å². The van der Waals surface area contributed by atoms with Crippen molar-refractivity contribution in [3.8, 4) is 0 Å². The Morgan fingerprint density at radius 1 is 1.38 bits per heavy atom. The minimum Gasteiger partial charge on any atom is -0.353 e. The summed E-state index contributed by atoms with van der Waals surface area (Å²) in [6.45, 7) is 4.99. The number of rotatable bonds is 5. The molecule has 1 heterocycles. The number of hydrogen-bond acceptors (Lipinski definition) is 3. The second kappa shape index (κ2) is 8.19. The lowest BCUT2D eigenvalue weighted by atomic mass is 9.94. The number of hydrogen-bond donors (Lipinski definition) is 3. The third-order valence-corrected chi connectivity index (χ3v) is 4.24. The highest BCUT2D eigenvalue weighted by molar-refractivity contribution is 5.79. The van der Waals surface area contributed by atoms with E-state index in [1.165, 1.54) is 13.0 Å². The molecule has 5 nitrogen and oxygen atoms in total. The largest absolute Gasteiger partial charge is 0.353 e. The Morgan fingerprint density at radius 2 is 2.12 bits per heavy atom. The van der Waals surface area contributed by atoms with Crippen LogP contribution in [-0.2, 0) is 9.59 Å². The molecule has 1 aliphatic rings. The average molecular weight is 339 g/mol. The molecule has 0 aliphatic carbocycles. The highest BCUT2D eigenvalue weighted by Gasteiger charge is 2.25. The molecule has 7 heteroatoms. The zero-order valence-corrected chi connectivity index (χ0v) is 13.9. The van der Waals surface area contributed by atoms with Crippen molar-refractivity contribution in [3.63, 3.8) is 0 Å². The monoisotopic (exact) mass is 339 g/mol. The molecule has 1 aliphatic heterocycles. The number of amides is 2. The average Bonchev–Trinajstić information content (AvgIpc) is 2.48. The van der Waals surface area contributed by atoms with Gasteiger partial charge in [0.2, 0.25) is 11.8 Å². The molecule has 3 N–H and O–H groups in total. The van der Waals surface area contributed by atoms with Crippen LogP contribution in [-0.4, -0.2) is 30.9 Å². The first-order chi connectivity index (χ1) is 11.4. The minimum atomic E-state index is -0.833. The standard InChI is InChI=1S/C17H23F2N3O2/c1-10-9-20-6-5-15(10)22-17(24)8-16(21-11(2)23)13-4-3-12(18)7-14(13)19/h3-4,7,10,15-16,20H,5-6,8-9H2,1-2H3,(H,21,23)(H,22,24). The molecule has 1 aromatic rings. The smallest absolute Gasteiger partial charge is 0.222 e. The molecule has 0 spiro atoms. The number of halogens is 2. The Kier molecular flexibility index (Phi) is 6.25. The number of carbonyl (C=O) groups excluding carboxylic acids is 2. The topological polar surface area (TPSA) is 70.2 Å². The van der Waals surface area contributed by atoms with Crippen molar-refractivity contribution < 1.29 is 18.4 Å². The second-order valence-corrected chi connectivity index (χ2v) is 6.27. The summed E-state index contributed by atoms with van der Waals surface area (Å²) in [7, 11) is 0. The van der Waals surface area contributed by atoms with Crippen molar-refractivity contribution in [2.75, 3.05) is 13.1 Å². The van der Waals surface area contributed by atoms with E-state index >= 15 is 0 Å². The Morgan fingerprint density at radius 3 is 2.75 bits per heavy atom. The number of benzene rings is 1. The van der Waals surface area contributed by atoms with Crippen LogP contribution in [0.2, 0.25) is 0 Å². The van der Waals surface area contributed by atoms with Crippen LogP contribution in [0.25, 0.3) is 0 Å². The Balaban J connectivity index is 2.07. The van der Waals surface area contributed by atoms with E-state index in [2.05, 4.69) is 16.0 Å². The molecule has 0 aromatic heterocycles. The van der Waals surface area contributed by atoms with Gasteiger partial charge in [0, 0.05) is 24.6 Å². The fraction of sp³-hybridized carbons (Fsp3) is 0.529. The lowest BCUT2D eigenvalue weighted by Crippen LogP contribution is -2.49. The minimum absolute atomic E-state index is 0.0507. The SMILES string of the molecule is CC(=O)NC(CC(=O)NC1CCNCC1C)c1ccc(F)cc1F. The number of carbonyl (C=O) groups is 2. The van der Waals surface area contributed by atoms with E-state index in [1.807, 2.05) is 6.92 Å². The molecular weight excluding hydrogens is 316 g/mol. The molecule has 2 amide bonds. The van der Waals surface area contributed by atoms with Gasteiger partial charge in [-0.3, -0.25) is 9.59 Å². The van der Waals surface area contributed by atoms with Gasteiger partial charge in [-0.15, -0.1) is 0 Å². The van der Waals surface area contributed by atoms with E-state index in [9.17, 15) is 18.4 Å². The predicted octanol–water partition coefficient (Wildman–Crippen LogP) is 1.65. The van der Waals surface area contributed by atoms with Crippen LogP contribution in [0.4, 0.5) is 8.78 Å². The summed E-state index contributed by atoms with van der Waals surface area (Å²) in [6, 6.07) is 2.33. The summed E-state index contributed by atoms with van der Waals surface area (Å²) in [5.41, 5.74) is 0.0973. The maximum atomic E-state index is 14.0.